The molecule has 3 atom stereocenters. The van der Waals surface area contributed by atoms with E-state index in [1.54, 1.807) is 14.2 Å². The maximum absolute atomic E-state index is 6.01. The van der Waals surface area contributed by atoms with Crippen molar-refractivity contribution in [1.82, 2.24) is 14.5 Å². The molecule has 20 heavy (non-hydrogen) atoms. The molecule has 0 saturated carbocycles. The molecule has 2 aromatic rings. The fourth-order valence-corrected chi connectivity index (χ4v) is 2.66. The van der Waals surface area contributed by atoms with Crippen LogP contribution in [0.2, 0.25) is 0 Å². The van der Waals surface area contributed by atoms with Crippen molar-refractivity contribution in [3.63, 3.8) is 0 Å². The van der Waals surface area contributed by atoms with E-state index < -0.39 is 0 Å². The van der Waals surface area contributed by atoms with Crippen molar-refractivity contribution in [2.75, 3.05) is 26.6 Å². The fraction of sp³-hybridized carbons (Fsp3) is 0.538. The van der Waals surface area contributed by atoms with Gasteiger partial charge in [-0.25, -0.2) is 9.97 Å². The molecule has 0 unspecified atom stereocenters. The Kier molecular flexibility index (Phi) is 3.56. The Hall–Kier alpha value is -1.70. The molecule has 0 amide bonds. The molecule has 0 bridgehead atoms. The maximum atomic E-state index is 6.01. The monoisotopic (exact) mass is 278 g/mol. The van der Waals surface area contributed by atoms with Gasteiger partial charge < -0.3 is 24.5 Å². The van der Waals surface area contributed by atoms with E-state index in [9.17, 15) is 0 Å². The molecule has 2 N–H and O–H groups in total. The summed E-state index contributed by atoms with van der Waals surface area (Å²) in [5.41, 5.74) is 6.62. The van der Waals surface area contributed by atoms with Crippen LogP contribution in [0, 0.1) is 0 Å². The second-order valence-electron chi connectivity index (χ2n) is 4.81. The fourth-order valence-electron chi connectivity index (χ4n) is 2.66. The molecule has 7 nitrogen and oxygen atoms in total. The number of methoxy groups -OCH3 is 2. The predicted octanol–water partition coefficient (Wildman–Crippen LogP) is 0.962. The summed E-state index contributed by atoms with van der Waals surface area (Å²) in [6.07, 6.45) is 3.93. The predicted molar refractivity (Wildman–Crippen MR) is 73.1 cm³/mol. The topological polar surface area (TPSA) is 84.4 Å². The molecule has 108 valence electrons. The third kappa shape index (κ3) is 2.13. The van der Waals surface area contributed by atoms with Gasteiger partial charge in [-0.15, -0.1) is 0 Å². The lowest BCUT2D eigenvalue weighted by molar-refractivity contribution is -0.0596. The number of nitrogen functional groups attached to an aromatic ring is 1. The van der Waals surface area contributed by atoms with E-state index in [1.165, 1.54) is 6.33 Å². The molecule has 7 heteroatoms. The molecule has 1 fully saturated rings. The second kappa shape index (κ2) is 5.35. The van der Waals surface area contributed by atoms with Gasteiger partial charge in [0.25, 0.3) is 0 Å². The van der Waals surface area contributed by atoms with Gasteiger partial charge in [0.15, 0.2) is 0 Å². The highest BCUT2D eigenvalue weighted by molar-refractivity contribution is 5.86. The number of nitrogens with two attached hydrogens (primary N) is 1. The highest BCUT2D eigenvalue weighted by Gasteiger charge is 2.36. The van der Waals surface area contributed by atoms with Crippen LogP contribution in [0.1, 0.15) is 12.6 Å². The first-order chi connectivity index (χ1) is 9.74. The van der Waals surface area contributed by atoms with E-state index in [0.717, 1.165) is 17.5 Å². The van der Waals surface area contributed by atoms with Crippen molar-refractivity contribution in [1.29, 1.82) is 0 Å². The smallest absolute Gasteiger partial charge is 0.147 e. The summed E-state index contributed by atoms with van der Waals surface area (Å²) >= 11 is 0. The highest BCUT2D eigenvalue weighted by Crippen LogP contribution is 2.33. The number of rotatable bonds is 4. The SMILES string of the molecule is COC[C@H]1O[C@@H](n2ccc3c(N)ncnc32)C[C@@H]1OC. The average molecular weight is 278 g/mol. The van der Waals surface area contributed by atoms with Crippen LogP contribution < -0.4 is 5.73 Å². The van der Waals surface area contributed by atoms with Crippen LogP contribution in [0.15, 0.2) is 18.6 Å². The summed E-state index contributed by atoms with van der Waals surface area (Å²) in [5.74, 6) is 0.475. The molecule has 2 aromatic heterocycles. The molecular formula is C13H18N4O3. The quantitative estimate of drug-likeness (QED) is 0.896. The molecule has 0 radical (unpaired) electrons. The summed E-state index contributed by atoms with van der Waals surface area (Å²) in [6, 6.07) is 1.90. The number of hydrogen-bond donors (Lipinski definition) is 1. The first kappa shape index (κ1) is 13.3. The van der Waals surface area contributed by atoms with Crippen LogP contribution in [-0.4, -0.2) is 47.6 Å². The Morgan fingerprint density at radius 2 is 2.30 bits per heavy atom. The molecule has 3 heterocycles. The standard InChI is InChI=1S/C13H18N4O3/c1-18-6-10-9(19-2)5-11(20-10)17-4-3-8-12(14)15-7-16-13(8)17/h3-4,7,9-11H,5-6H2,1-2H3,(H2,14,15,16)/t9-,10+,11+/m0/s1. The average Bonchev–Trinajstić information content (AvgIpc) is 3.03. The highest BCUT2D eigenvalue weighted by atomic mass is 16.6. The zero-order valence-electron chi connectivity index (χ0n) is 11.5. The van der Waals surface area contributed by atoms with Gasteiger partial charge >= 0.3 is 0 Å². The van der Waals surface area contributed by atoms with Gasteiger partial charge in [0.2, 0.25) is 0 Å². The zero-order valence-corrected chi connectivity index (χ0v) is 11.5. The van der Waals surface area contributed by atoms with E-state index in [2.05, 4.69) is 9.97 Å². The van der Waals surface area contributed by atoms with Gasteiger partial charge in [-0.2, -0.15) is 0 Å². The van der Waals surface area contributed by atoms with E-state index in [0.29, 0.717) is 12.4 Å². The van der Waals surface area contributed by atoms with Crippen molar-refractivity contribution in [3.05, 3.63) is 18.6 Å². The zero-order chi connectivity index (χ0) is 14.1. The number of nitrogens with zero attached hydrogens (tertiary/aromatic N) is 3. The molecule has 1 saturated heterocycles. The van der Waals surface area contributed by atoms with Crippen LogP contribution in [0.5, 0.6) is 0 Å². The molecule has 3 rings (SSSR count). The van der Waals surface area contributed by atoms with Gasteiger partial charge in [-0.1, -0.05) is 0 Å². The van der Waals surface area contributed by atoms with Crippen molar-refractivity contribution >= 4 is 16.9 Å². The summed E-state index contributed by atoms with van der Waals surface area (Å²) in [5, 5.41) is 0.834. The van der Waals surface area contributed by atoms with Crippen LogP contribution in [0.25, 0.3) is 11.0 Å². The van der Waals surface area contributed by atoms with Gasteiger partial charge in [0, 0.05) is 26.8 Å². The molecular weight excluding hydrogens is 260 g/mol. The number of fused-ring (bicyclic) bond motifs is 1. The van der Waals surface area contributed by atoms with Crippen LogP contribution in [0.4, 0.5) is 5.82 Å². The first-order valence-electron chi connectivity index (χ1n) is 6.48. The maximum Gasteiger partial charge on any atom is 0.147 e. The van der Waals surface area contributed by atoms with Crippen LogP contribution in [-0.2, 0) is 14.2 Å². The minimum Gasteiger partial charge on any atom is -0.383 e. The van der Waals surface area contributed by atoms with E-state index in [4.69, 9.17) is 19.9 Å². The lowest BCUT2D eigenvalue weighted by Gasteiger charge is -2.16. The summed E-state index contributed by atoms with van der Waals surface area (Å²) in [6.45, 7) is 0.505. The Morgan fingerprint density at radius 1 is 1.45 bits per heavy atom. The lowest BCUT2D eigenvalue weighted by Crippen LogP contribution is -2.27. The minimum atomic E-state index is -0.133. The Labute approximate surface area is 116 Å². The molecule has 0 aliphatic carbocycles. The summed E-state index contributed by atoms with van der Waals surface area (Å²) in [7, 11) is 3.34. The van der Waals surface area contributed by atoms with Crippen molar-refractivity contribution in [2.45, 2.75) is 24.9 Å². The molecule has 0 spiro atoms. The molecule has 1 aliphatic rings. The summed E-state index contributed by atoms with van der Waals surface area (Å²) < 4.78 is 18.6. The molecule has 1 aliphatic heterocycles. The third-order valence-electron chi connectivity index (χ3n) is 3.66. The number of hydrogen-bond acceptors (Lipinski definition) is 6. The Morgan fingerprint density at radius 3 is 3.05 bits per heavy atom. The van der Waals surface area contributed by atoms with Gasteiger partial charge in [-0.3, -0.25) is 0 Å². The Bertz CT molecular complexity index is 600. The second-order valence-corrected chi connectivity index (χ2v) is 4.81. The lowest BCUT2D eigenvalue weighted by atomic mass is 10.2. The van der Waals surface area contributed by atoms with Gasteiger partial charge in [0.05, 0.1) is 18.1 Å². The van der Waals surface area contributed by atoms with Crippen molar-refractivity contribution in [2.24, 2.45) is 0 Å². The third-order valence-corrected chi connectivity index (χ3v) is 3.66. The molecule has 0 aromatic carbocycles. The Balaban J connectivity index is 1.90. The number of anilines is 1. The first-order valence-corrected chi connectivity index (χ1v) is 6.48. The van der Waals surface area contributed by atoms with Crippen molar-refractivity contribution < 1.29 is 14.2 Å². The van der Waals surface area contributed by atoms with Crippen LogP contribution >= 0.6 is 0 Å². The normalized spacial score (nSPS) is 26.4. The van der Waals surface area contributed by atoms with Crippen molar-refractivity contribution in [3.8, 4) is 0 Å². The summed E-state index contributed by atoms with van der Waals surface area (Å²) in [4.78, 5) is 8.28. The van der Waals surface area contributed by atoms with E-state index >= 15 is 0 Å². The minimum absolute atomic E-state index is 0.0107. The number of ether oxygens (including phenoxy) is 3. The van der Waals surface area contributed by atoms with E-state index in [-0.39, 0.29) is 18.4 Å². The van der Waals surface area contributed by atoms with E-state index in [1.807, 2.05) is 16.8 Å². The van der Waals surface area contributed by atoms with Gasteiger partial charge in [-0.05, 0) is 6.07 Å². The van der Waals surface area contributed by atoms with Crippen LogP contribution in [0.3, 0.4) is 0 Å². The number of aromatic nitrogens is 3. The largest absolute Gasteiger partial charge is 0.383 e. The van der Waals surface area contributed by atoms with Gasteiger partial charge in [0.1, 0.15) is 30.1 Å².